The van der Waals surface area contributed by atoms with E-state index in [1.54, 1.807) is 0 Å². The third kappa shape index (κ3) is 2.39. The lowest BCUT2D eigenvalue weighted by atomic mass is 10.1. The van der Waals surface area contributed by atoms with E-state index in [0.717, 1.165) is 19.6 Å². The number of fused-ring (bicyclic) bond motifs is 1. The van der Waals surface area contributed by atoms with Crippen LogP contribution in [0.1, 0.15) is 12.0 Å². The summed E-state index contributed by atoms with van der Waals surface area (Å²) in [4.78, 5) is 6.88. The summed E-state index contributed by atoms with van der Waals surface area (Å²) in [7, 11) is 0. The molecule has 88 valence electrons. The van der Waals surface area contributed by atoms with E-state index < -0.39 is 0 Å². The van der Waals surface area contributed by atoms with Crippen LogP contribution in [0.25, 0.3) is 0 Å². The van der Waals surface area contributed by atoms with Crippen molar-refractivity contribution >= 4 is 18.0 Å². The van der Waals surface area contributed by atoms with Gasteiger partial charge >= 0.3 is 0 Å². The fourth-order valence-electron chi connectivity index (χ4n) is 2.29. The van der Waals surface area contributed by atoms with E-state index in [0.29, 0.717) is 0 Å². The molecule has 1 aromatic rings. The van der Waals surface area contributed by atoms with Gasteiger partial charge in [-0.3, -0.25) is 4.99 Å². The Morgan fingerprint density at radius 1 is 1.24 bits per heavy atom. The first-order chi connectivity index (χ1) is 8.43. The van der Waals surface area contributed by atoms with Gasteiger partial charge in [0.1, 0.15) is 6.67 Å². The highest BCUT2D eigenvalue weighted by molar-refractivity contribution is 8.03. The molecular formula is C14H16N2S. The fraction of sp³-hybridized carbons (Fsp3) is 0.357. The van der Waals surface area contributed by atoms with Gasteiger partial charge in [0.05, 0.1) is 5.03 Å². The van der Waals surface area contributed by atoms with Gasteiger partial charge in [0.25, 0.3) is 0 Å². The second-order valence-corrected chi connectivity index (χ2v) is 5.49. The molecule has 1 aromatic carbocycles. The maximum absolute atomic E-state index is 4.47. The third-order valence-corrected chi connectivity index (χ3v) is 4.40. The fourth-order valence-corrected chi connectivity index (χ4v) is 3.40. The van der Waals surface area contributed by atoms with Crippen LogP contribution in [-0.2, 0) is 6.42 Å². The number of nitrogens with zero attached hydrogens (tertiary/aromatic N) is 2. The van der Waals surface area contributed by atoms with Crippen molar-refractivity contribution in [3.63, 3.8) is 0 Å². The predicted molar refractivity (Wildman–Crippen MR) is 74.3 cm³/mol. The first-order valence-corrected chi connectivity index (χ1v) is 7.07. The molecule has 1 saturated heterocycles. The summed E-state index contributed by atoms with van der Waals surface area (Å²) < 4.78 is 0. The predicted octanol–water partition coefficient (Wildman–Crippen LogP) is 2.92. The topological polar surface area (TPSA) is 15.6 Å². The van der Waals surface area contributed by atoms with Crippen molar-refractivity contribution in [3.8, 4) is 0 Å². The van der Waals surface area contributed by atoms with E-state index in [-0.39, 0.29) is 0 Å². The van der Waals surface area contributed by atoms with Crippen molar-refractivity contribution in [2.45, 2.75) is 12.8 Å². The number of hydrogen-bond acceptors (Lipinski definition) is 3. The van der Waals surface area contributed by atoms with Gasteiger partial charge in [0.15, 0.2) is 0 Å². The van der Waals surface area contributed by atoms with E-state index in [9.17, 15) is 0 Å². The molecular weight excluding hydrogens is 228 g/mol. The Morgan fingerprint density at radius 3 is 3.00 bits per heavy atom. The number of rotatable bonds is 2. The van der Waals surface area contributed by atoms with Crippen LogP contribution >= 0.6 is 11.8 Å². The Hall–Kier alpha value is -1.22. The molecule has 3 rings (SSSR count). The minimum Gasteiger partial charge on any atom is -0.347 e. The minimum atomic E-state index is 0.848. The average Bonchev–Trinajstić information content (AvgIpc) is 2.40. The highest BCUT2D eigenvalue weighted by Crippen LogP contribution is 2.32. The van der Waals surface area contributed by atoms with Crippen molar-refractivity contribution in [3.05, 3.63) is 46.5 Å². The molecule has 1 fully saturated rings. The first-order valence-electron chi connectivity index (χ1n) is 6.08. The van der Waals surface area contributed by atoms with Crippen molar-refractivity contribution in [2.24, 2.45) is 4.99 Å². The molecule has 0 N–H and O–H groups in total. The highest BCUT2D eigenvalue weighted by Gasteiger charge is 2.21. The summed E-state index contributed by atoms with van der Waals surface area (Å²) in [5.41, 5.74) is 2.75. The monoisotopic (exact) mass is 244 g/mol. The van der Waals surface area contributed by atoms with E-state index in [1.807, 2.05) is 11.8 Å². The largest absolute Gasteiger partial charge is 0.347 e. The molecule has 2 nitrogen and oxygen atoms in total. The van der Waals surface area contributed by atoms with Gasteiger partial charge in [-0.2, -0.15) is 0 Å². The molecule has 2 aliphatic heterocycles. The Morgan fingerprint density at radius 2 is 2.12 bits per heavy atom. The molecule has 0 atom stereocenters. The average molecular weight is 244 g/mol. The molecule has 3 heteroatoms. The zero-order valence-electron chi connectivity index (χ0n) is 9.80. The molecule has 2 aliphatic rings. The van der Waals surface area contributed by atoms with Crippen molar-refractivity contribution in [2.75, 3.05) is 19.0 Å². The van der Waals surface area contributed by atoms with Crippen molar-refractivity contribution in [1.29, 1.82) is 0 Å². The summed E-state index contributed by atoms with van der Waals surface area (Å²) in [5.74, 6) is 1.25. The number of hydrogen-bond donors (Lipinski definition) is 0. The van der Waals surface area contributed by atoms with E-state index >= 15 is 0 Å². The first kappa shape index (κ1) is 10.9. The quantitative estimate of drug-likeness (QED) is 0.795. The van der Waals surface area contributed by atoms with Gasteiger partial charge in [0, 0.05) is 30.5 Å². The van der Waals surface area contributed by atoms with Gasteiger partial charge < -0.3 is 4.90 Å². The highest BCUT2D eigenvalue weighted by atomic mass is 32.2. The molecule has 0 unspecified atom stereocenters. The lowest BCUT2D eigenvalue weighted by Gasteiger charge is -2.33. The second-order valence-electron chi connectivity index (χ2n) is 4.41. The molecule has 17 heavy (non-hydrogen) atoms. The summed E-state index contributed by atoms with van der Waals surface area (Å²) in [5, 5.41) is 1.45. The van der Waals surface area contributed by atoms with Crippen LogP contribution in [-0.4, -0.2) is 30.1 Å². The zero-order chi connectivity index (χ0) is 11.5. The maximum Gasteiger partial charge on any atom is 0.110 e. The van der Waals surface area contributed by atoms with Gasteiger partial charge in [-0.05, 0) is 12.0 Å². The Bertz CT molecular complexity index is 451. The Kier molecular flexibility index (Phi) is 3.18. The third-order valence-electron chi connectivity index (χ3n) is 3.11. The van der Waals surface area contributed by atoms with E-state index in [4.69, 9.17) is 0 Å². The number of thioether (sulfide) groups is 1. The number of allylic oxidation sites excluding steroid dienone is 1. The Balaban J connectivity index is 1.85. The van der Waals surface area contributed by atoms with Crippen LogP contribution in [0.15, 0.2) is 45.9 Å². The van der Waals surface area contributed by atoms with E-state index in [1.165, 1.54) is 28.3 Å². The molecule has 0 spiro atoms. The molecule has 0 aromatic heterocycles. The minimum absolute atomic E-state index is 0.848. The van der Waals surface area contributed by atoms with Crippen LogP contribution in [0.2, 0.25) is 0 Å². The number of benzene rings is 1. The molecule has 0 aliphatic carbocycles. The van der Waals surface area contributed by atoms with Gasteiger partial charge in [0.2, 0.25) is 0 Å². The molecule has 0 bridgehead atoms. The summed E-state index contributed by atoms with van der Waals surface area (Å²) in [6, 6.07) is 10.7. The summed E-state index contributed by atoms with van der Waals surface area (Å²) in [6.07, 6.45) is 4.35. The van der Waals surface area contributed by atoms with Crippen molar-refractivity contribution in [1.82, 2.24) is 4.90 Å². The van der Waals surface area contributed by atoms with E-state index in [2.05, 4.69) is 46.4 Å². The van der Waals surface area contributed by atoms with Crippen LogP contribution in [0.3, 0.4) is 0 Å². The zero-order valence-corrected chi connectivity index (χ0v) is 10.6. The normalized spacial score (nSPS) is 19.4. The van der Waals surface area contributed by atoms with Crippen LogP contribution in [0.5, 0.6) is 0 Å². The maximum atomic E-state index is 4.47. The standard InChI is InChI=1S/C14H16N2S/c1-2-5-12(6-3-1)9-13-10-15-11-16-7-4-8-17-14(13)16/h1-3,5-6,10H,4,7-9,11H2. The summed E-state index contributed by atoms with van der Waals surface area (Å²) >= 11 is 1.99. The van der Waals surface area contributed by atoms with Crippen LogP contribution in [0, 0.1) is 0 Å². The van der Waals surface area contributed by atoms with Crippen molar-refractivity contribution < 1.29 is 0 Å². The smallest absolute Gasteiger partial charge is 0.110 e. The molecule has 2 heterocycles. The van der Waals surface area contributed by atoms with Gasteiger partial charge in [-0.1, -0.05) is 30.3 Å². The number of aliphatic imine (C=N–C) groups is 1. The molecule has 0 amide bonds. The second kappa shape index (κ2) is 4.96. The van der Waals surface area contributed by atoms with Gasteiger partial charge in [-0.25, -0.2) is 0 Å². The van der Waals surface area contributed by atoms with Crippen LogP contribution < -0.4 is 0 Å². The van der Waals surface area contributed by atoms with Crippen LogP contribution in [0.4, 0.5) is 0 Å². The SMILES string of the molecule is C1=NCN2CCCSC2=C1Cc1ccccc1. The lowest BCUT2D eigenvalue weighted by Crippen LogP contribution is -2.31. The lowest BCUT2D eigenvalue weighted by molar-refractivity contribution is 0.367. The molecule has 0 radical (unpaired) electrons. The Labute approximate surface area is 106 Å². The summed E-state index contributed by atoms with van der Waals surface area (Å²) in [6.45, 7) is 2.01. The molecule has 0 saturated carbocycles. The van der Waals surface area contributed by atoms with Gasteiger partial charge in [-0.15, -0.1) is 11.8 Å².